The minimum absolute atomic E-state index is 0.0730. The Balaban J connectivity index is 1.19. The van der Waals surface area contributed by atoms with Crippen molar-refractivity contribution in [3.8, 4) is 45.3 Å². The third-order valence-corrected chi connectivity index (χ3v) is 12.3. The summed E-state index contributed by atoms with van der Waals surface area (Å²) in [6.07, 6.45) is 0. The van der Waals surface area contributed by atoms with Gasteiger partial charge in [0.1, 0.15) is 0 Å². The van der Waals surface area contributed by atoms with Crippen LogP contribution in [0.25, 0.3) is 97.8 Å². The van der Waals surface area contributed by atoms with Crippen LogP contribution in [0.5, 0.6) is 0 Å². The molecule has 0 fully saturated rings. The monoisotopic (exact) mass is 681 g/mol. The maximum absolute atomic E-state index is 5.11. The highest BCUT2D eigenvalue weighted by Crippen LogP contribution is 2.52. The van der Waals surface area contributed by atoms with Crippen LogP contribution in [-0.2, 0) is 5.41 Å². The zero-order valence-corrected chi connectivity index (χ0v) is 29.5. The minimum atomic E-state index is -0.0730. The third kappa shape index (κ3) is 4.22. The molecule has 0 radical (unpaired) electrons. The van der Waals surface area contributed by atoms with Crippen LogP contribution in [-0.4, -0.2) is 15.0 Å². The smallest absolute Gasteiger partial charge is 0.165 e. The zero-order valence-electron chi connectivity index (χ0n) is 28.7. The van der Waals surface area contributed by atoms with Gasteiger partial charge in [0.2, 0.25) is 0 Å². The van der Waals surface area contributed by atoms with Crippen molar-refractivity contribution < 1.29 is 0 Å². The predicted molar refractivity (Wildman–Crippen MR) is 219 cm³/mol. The van der Waals surface area contributed by atoms with Gasteiger partial charge in [0.15, 0.2) is 17.5 Å². The van der Waals surface area contributed by atoms with Crippen LogP contribution in [0.1, 0.15) is 25.0 Å². The molecule has 3 nitrogen and oxygen atoms in total. The van der Waals surface area contributed by atoms with Crippen molar-refractivity contribution in [3.63, 3.8) is 0 Å². The Morgan fingerprint density at radius 2 is 0.923 bits per heavy atom. The summed E-state index contributed by atoms with van der Waals surface area (Å²) >= 11 is 1.83. The molecule has 2 aromatic heterocycles. The summed E-state index contributed by atoms with van der Waals surface area (Å²) in [7, 11) is 0. The van der Waals surface area contributed by atoms with E-state index in [0.29, 0.717) is 17.5 Å². The standard InChI is InChI=1S/C48H31N3S/c1-48(2)41-23-12-11-20-32(41)39-24-35-30-18-9-10-19-31(30)36-25-40-33-21-13-22-34(44(33)52-43(40)27-38(36)37(35)26-42(39)48)47-50-45(28-14-5-3-6-15-28)49-46(51-47)29-16-7-4-8-17-29/h3-27H,1-2H3. The van der Waals surface area contributed by atoms with Crippen molar-refractivity contribution in [2.75, 3.05) is 0 Å². The van der Waals surface area contributed by atoms with Gasteiger partial charge in [-0.3, -0.25) is 0 Å². The minimum Gasteiger partial charge on any atom is -0.208 e. The zero-order chi connectivity index (χ0) is 34.6. The topological polar surface area (TPSA) is 38.7 Å². The quantitative estimate of drug-likeness (QED) is 0.174. The fourth-order valence-electron chi connectivity index (χ4n) is 8.54. The van der Waals surface area contributed by atoms with Gasteiger partial charge in [0.25, 0.3) is 0 Å². The molecule has 1 aliphatic rings. The molecule has 0 aliphatic heterocycles. The van der Waals surface area contributed by atoms with Crippen LogP contribution in [0.15, 0.2) is 152 Å². The van der Waals surface area contributed by atoms with Gasteiger partial charge in [-0.2, -0.15) is 0 Å². The molecule has 0 N–H and O–H groups in total. The number of nitrogens with zero attached hydrogens (tertiary/aromatic N) is 3. The Hall–Kier alpha value is -6.23. The maximum atomic E-state index is 5.11. The Morgan fingerprint density at radius 1 is 0.385 bits per heavy atom. The number of aromatic nitrogens is 3. The fraction of sp³-hybridized carbons (Fsp3) is 0.0625. The fourth-order valence-corrected chi connectivity index (χ4v) is 9.77. The molecule has 0 amide bonds. The molecule has 0 spiro atoms. The van der Waals surface area contributed by atoms with Gasteiger partial charge in [0.05, 0.1) is 0 Å². The normalized spacial score (nSPS) is 13.3. The van der Waals surface area contributed by atoms with Crippen LogP contribution in [0.2, 0.25) is 0 Å². The van der Waals surface area contributed by atoms with Gasteiger partial charge in [-0.15, -0.1) is 11.3 Å². The second-order valence-electron chi connectivity index (χ2n) is 14.4. The molecule has 0 unspecified atom stereocenters. The Bertz CT molecular complexity index is 3030. The summed E-state index contributed by atoms with van der Waals surface area (Å²) in [5, 5.41) is 10.2. The van der Waals surface area contributed by atoms with E-state index in [2.05, 4.69) is 129 Å². The average Bonchev–Trinajstić information content (AvgIpc) is 3.68. The van der Waals surface area contributed by atoms with E-state index in [1.165, 1.54) is 74.7 Å². The molecule has 11 rings (SSSR count). The molecule has 244 valence electrons. The summed E-state index contributed by atoms with van der Waals surface area (Å²) in [6.45, 7) is 4.73. The van der Waals surface area contributed by atoms with E-state index in [9.17, 15) is 0 Å². The molecule has 8 aromatic carbocycles. The lowest BCUT2D eigenvalue weighted by molar-refractivity contribution is 0.661. The lowest BCUT2D eigenvalue weighted by atomic mass is 9.81. The maximum Gasteiger partial charge on any atom is 0.165 e. The van der Waals surface area contributed by atoms with E-state index in [-0.39, 0.29) is 5.41 Å². The van der Waals surface area contributed by atoms with Gasteiger partial charge in [-0.1, -0.05) is 135 Å². The van der Waals surface area contributed by atoms with E-state index in [0.717, 1.165) is 16.7 Å². The SMILES string of the molecule is CC1(C)c2ccccc2-c2cc3c4ccccc4c4cc5c(cc4c3cc21)sc1c(-c2nc(-c3ccccc3)nc(-c3ccccc3)n2)cccc15. The first kappa shape index (κ1) is 29.5. The molecular weight excluding hydrogens is 651 g/mol. The molecule has 0 saturated carbocycles. The van der Waals surface area contributed by atoms with E-state index < -0.39 is 0 Å². The Labute approximate surface area is 304 Å². The highest BCUT2D eigenvalue weighted by Gasteiger charge is 2.35. The summed E-state index contributed by atoms with van der Waals surface area (Å²) in [4.78, 5) is 15.2. The van der Waals surface area contributed by atoms with Crippen LogP contribution < -0.4 is 0 Å². The van der Waals surface area contributed by atoms with Crippen molar-refractivity contribution >= 4 is 63.8 Å². The first-order valence-electron chi connectivity index (χ1n) is 17.8. The molecule has 10 aromatic rings. The van der Waals surface area contributed by atoms with E-state index in [1.54, 1.807) is 0 Å². The predicted octanol–water partition coefficient (Wildman–Crippen LogP) is 13.0. The largest absolute Gasteiger partial charge is 0.208 e. The average molecular weight is 682 g/mol. The Kier molecular flexibility index (Phi) is 6.17. The van der Waals surface area contributed by atoms with Crippen molar-refractivity contribution in [2.45, 2.75) is 19.3 Å². The van der Waals surface area contributed by atoms with Crippen LogP contribution >= 0.6 is 11.3 Å². The van der Waals surface area contributed by atoms with E-state index >= 15 is 0 Å². The number of hydrogen-bond donors (Lipinski definition) is 0. The first-order chi connectivity index (χ1) is 25.5. The molecule has 0 bridgehead atoms. The highest BCUT2D eigenvalue weighted by atomic mass is 32.1. The second kappa shape index (κ2) is 10.9. The van der Waals surface area contributed by atoms with Crippen molar-refractivity contribution in [1.82, 2.24) is 15.0 Å². The number of fused-ring (bicyclic) bond motifs is 12. The van der Waals surface area contributed by atoms with Gasteiger partial charge in [-0.05, 0) is 84.9 Å². The van der Waals surface area contributed by atoms with Crippen molar-refractivity contribution in [3.05, 3.63) is 163 Å². The first-order valence-corrected chi connectivity index (χ1v) is 18.6. The van der Waals surface area contributed by atoms with Gasteiger partial charge < -0.3 is 0 Å². The number of thiophene rings is 1. The van der Waals surface area contributed by atoms with Crippen molar-refractivity contribution in [2.24, 2.45) is 0 Å². The van der Waals surface area contributed by atoms with Gasteiger partial charge in [0, 0.05) is 42.3 Å². The highest BCUT2D eigenvalue weighted by molar-refractivity contribution is 7.26. The summed E-state index contributed by atoms with van der Waals surface area (Å²) in [6, 6.07) is 54.6. The third-order valence-electron chi connectivity index (χ3n) is 11.1. The van der Waals surface area contributed by atoms with Crippen molar-refractivity contribution in [1.29, 1.82) is 0 Å². The summed E-state index contributed by atoms with van der Waals surface area (Å²) in [5.74, 6) is 2.02. The number of rotatable bonds is 3. The summed E-state index contributed by atoms with van der Waals surface area (Å²) < 4.78 is 2.44. The Morgan fingerprint density at radius 3 is 1.63 bits per heavy atom. The molecule has 52 heavy (non-hydrogen) atoms. The molecule has 0 atom stereocenters. The lowest BCUT2D eigenvalue weighted by Gasteiger charge is -2.22. The van der Waals surface area contributed by atoms with Crippen LogP contribution in [0, 0.1) is 0 Å². The molecule has 2 heterocycles. The molecule has 4 heteroatoms. The van der Waals surface area contributed by atoms with E-state index in [1.807, 2.05) is 47.7 Å². The number of benzene rings is 8. The molecular formula is C48H31N3S. The van der Waals surface area contributed by atoms with E-state index in [4.69, 9.17) is 15.0 Å². The molecule has 1 aliphatic carbocycles. The second-order valence-corrected chi connectivity index (χ2v) is 15.4. The van der Waals surface area contributed by atoms with Gasteiger partial charge in [-0.25, -0.2) is 15.0 Å². The molecule has 0 saturated heterocycles. The van der Waals surface area contributed by atoms with Gasteiger partial charge >= 0.3 is 0 Å². The van der Waals surface area contributed by atoms with Crippen LogP contribution in [0.3, 0.4) is 0 Å². The lowest BCUT2D eigenvalue weighted by Crippen LogP contribution is -2.14. The van der Waals surface area contributed by atoms with Crippen LogP contribution in [0.4, 0.5) is 0 Å². The number of hydrogen-bond acceptors (Lipinski definition) is 4. The summed E-state index contributed by atoms with van der Waals surface area (Å²) in [5.41, 5.74) is 8.39.